The van der Waals surface area contributed by atoms with Crippen molar-refractivity contribution in [3.05, 3.63) is 46.7 Å². The molecule has 1 aromatic carbocycles. The second kappa shape index (κ2) is 8.30. The Morgan fingerprint density at radius 3 is 2.74 bits per heavy atom. The second-order valence-corrected chi connectivity index (χ2v) is 7.00. The maximum atomic E-state index is 13.2. The van der Waals surface area contributed by atoms with Crippen LogP contribution in [0, 0.1) is 12.7 Å². The van der Waals surface area contributed by atoms with Crippen LogP contribution in [0.1, 0.15) is 35.1 Å². The van der Waals surface area contributed by atoms with Gasteiger partial charge in [0.1, 0.15) is 10.6 Å². The summed E-state index contributed by atoms with van der Waals surface area (Å²) in [6.45, 7) is 4.39. The summed E-state index contributed by atoms with van der Waals surface area (Å²) in [5.41, 5.74) is 1.53. The van der Waals surface area contributed by atoms with E-state index in [-0.39, 0.29) is 24.1 Å². The summed E-state index contributed by atoms with van der Waals surface area (Å²) in [4.78, 5) is 25.1. The van der Waals surface area contributed by atoms with Gasteiger partial charge in [-0.25, -0.2) is 9.07 Å². The third-order valence-corrected chi connectivity index (χ3v) is 5.10. The number of ether oxygens (including phenoxy) is 1. The number of carbonyl (C=O) groups excluding carboxylic acids is 2. The average molecular weight is 389 g/mol. The van der Waals surface area contributed by atoms with E-state index >= 15 is 0 Å². The van der Waals surface area contributed by atoms with Gasteiger partial charge >= 0.3 is 5.97 Å². The maximum absolute atomic E-state index is 13.2. The third-order valence-electron chi connectivity index (χ3n) is 3.99. The SMILES string of the molecule is CCOC(=O)CCCNC(=O)c1cc2c(C)nn(-c3ccc(F)cc3)c2s1. The normalized spacial score (nSPS) is 10.9. The van der Waals surface area contributed by atoms with Crippen molar-refractivity contribution < 1.29 is 18.7 Å². The molecule has 0 radical (unpaired) electrons. The van der Waals surface area contributed by atoms with Gasteiger partial charge in [-0.15, -0.1) is 11.3 Å². The highest BCUT2D eigenvalue weighted by molar-refractivity contribution is 7.20. The van der Waals surface area contributed by atoms with Gasteiger partial charge in [0, 0.05) is 18.4 Å². The lowest BCUT2D eigenvalue weighted by Gasteiger charge is -2.04. The number of benzene rings is 1. The van der Waals surface area contributed by atoms with Gasteiger partial charge in [0.15, 0.2) is 0 Å². The van der Waals surface area contributed by atoms with Crippen molar-refractivity contribution in [1.29, 1.82) is 0 Å². The van der Waals surface area contributed by atoms with Crippen molar-refractivity contribution in [3.63, 3.8) is 0 Å². The number of hydrogen-bond acceptors (Lipinski definition) is 5. The largest absolute Gasteiger partial charge is 0.466 e. The van der Waals surface area contributed by atoms with Crippen molar-refractivity contribution >= 4 is 33.4 Å². The molecule has 0 bridgehead atoms. The summed E-state index contributed by atoms with van der Waals surface area (Å²) in [6, 6.07) is 7.86. The van der Waals surface area contributed by atoms with Gasteiger partial charge in [-0.1, -0.05) is 0 Å². The Morgan fingerprint density at radius 1 is 1.30 bits per heavy atom. The second-order valence-electron chi connectivity index (χ2n) is 5.97. The lowest BCUT2D eigenvalue weighted by Crippen LogP contribution is -2.24. The molecule has 27 heavy (non-hydrogen) atoms. The van der Waals surface area contributed by atoms with Crippen LogP contribution in [0.5, 0.6) is 0 Å². The van der Waals surface area contributed by atoms with Crippen LogP contribution < -0.4 is 5.32 Å². The summed E-state index contributed by atoms with van der Waals surface area (Å²) >= 11 is 1.33. The molecular formula is C19H20FN3O3S. The third kappa shape index (κ3) is 4.33. The van der Waals surface area contributed by atoms with Gasteiger partial charge < -0.3 is 10.1 Å². The van der Waals surface area contributed by atoms with Crippen LogP contribution in [-0.2, 0) is 9.53 Å². The Labute approximate surface area is 159 Å². The number of esters is 1. The summed E-state index contributed by atoms with van der Waals surface area (Å²) < 4.78 is 19.7. The monoisotopic (exact) mass is 389 g/mol. The summed E-state index contributed by atoms with van der Waals surface area (Å²) in [5, 5.41) is 8.19. The summed E-state index contributed by atoms with van der Waals surface area (Å²) in [6.07, 6.45) is 0.803. The number of halogens is 1. The van der Waals surface area contributed by atoms with Crippen LogP contribution >= 0.6 is 11.3 Å². The number of nitrogens with one attached hydrogen (secondary N) is 1. The fourth-order valence-electron chi connectivity index (χ4n) is 2.67. The molecule has 2 aromatic heterocycles. The minimum atomic E-state index is -0.312. The van der Waals surface area contributed by atoms with E-state index < -0.39 is 0 Å². The van der Waals surface area contributed by atoms with Gasteiger partial charge in [0.05, 0.1) is 22.9 Å². The summed E-state index contributed by atoms with van der Waals surface area (Å²) in [5.74, 6) is -0.762. The van der Waals surface area contributed by atoms with E-state index in [0.29, 0.717) is 24.4 Å². The van der Waals surface area contributed by atoms with Crippen molar-refractivity contribution in [2.75, 3.05) is 13.2 Å². The molecule has 0 saturated carbocycles. The Morgan fingerprint density at radius 2 is 2.04 bits per heavy atom. The van der Waals surface area contributed by atoms with Crippen LogP contribution in [0.25, 0.3) is 15.9 Å². The number of rotatable bonds is 7. The van der Waals surface area contributed by atoms with Gasteiger partial charge in [-0.05, 0) is 50.6 Å². The number of hydrogen-bond donors (Lipinski definition) is 1. The molecule has 6 nitrogen and oxygen atoms in total. The van der Waals surface area contributed by atoms with E-state index in [0.717, 1.165) is 21.6 Å². The van der Waals surface area contributed by atoms with Crippen LogP contribution in [0.2, 0.25) is 0 Å². The summed E-state index contributed by atoms with van der Waals surface area (Å²) in [7, 11) is 0. The zero-order chi connectivity index (χ0) is 19.4. The first kappa shape index (κ1) is 19.0. The van der Waals surface area contributed by atoms with E-state index in [1.54, 1.807) is 23.7 Å². The molecule has 0 fully saturated rings. The number of amides is 1. The topological polar surface area (TPSA) is 73.2 Å². The molecule has 8 heteroatoms. The molecule has 3 rings (SSSR count). The quantitative estimate of drug-likeness (QED) is 0.495. The molecular weight excluding hydrogens is 369 g/mol. The lowest BCUT2D eigenvalue weighted by atomic mass is 10.3. The number of thiophene rings is 1. The minimum Gasteiger partial charge on any atom is -0.466 e. The number of fused-ring (bicyclic) bond motifs is 1. The van der Waals surface area contributed by atoms with Crippen molar-refractivity contribution in [2.24, 2.45) is 0 Å². The standard InChI is InChI=1S/C19H20FN3O3S/c1-3-26-17(24)5-4-10-21-18(25)16-11-15-12(2)22-23(19(15)27-16)14-8-6-13(20)7-9-14/h6-9,11H,3-5,10H2,1-2H3,(H,21,25). The smallest absolute Gasteiger partial charge is 0.305 e. The lowest BCUT2D eigenvalue weighted by molar-refractivity contribution is -0.143. The van der Waals surface area contributed by atoms with E-state index in [9.17, 15) is 14.0 Å². The highest BCUT2D eigenvalue weighted by Crippen LogP contribution is 2.30. The first-order valence-electron chi connectivity index (χ1n) is 8.68. The highest BCUT2D eigenvalue weighted by atomic mass is 32.1. The molecule has 3 aromatic rings. The molecule has 142 valence electrons. The van der Waals surface area contributed by atoms with Gasteiger partial charge in [0.2, 0.25) is 0 Å². The average Bonchev–Trinajstić information content (AvgIpc) is 3.21. The maximum Gasteiger partial charge on any atom is 0.305 e. The first-order chi connectivity index (χ1) is 13.0. The van der Waals surface area contributed by atoms with Crippen molar-refractivity contribution in [2.45, 2.75) is 26.7 Å². The van der Waals surface area contributed by atoms with Crippen molar-refractivity contribution in [3.8, 4) is 5.69 Å². The fourth-order valence-corrected chi connectivity index (χ4v) is 3.77. The first-order valence-corrected chi connectivity index (χ1v) is 9.50. The Bertz CT molecular complexity index is 963. The van der Waals surface area contributed by atoms with Crippen LogP contribution in [0.3, 0.4) is 0 Å². The van der Waals surface area contributed by atoms with Gasteiger partial charge in [-0.2, -0.15) is 5.10 Å². The van der Waals surface area contributed by atoms with Crippen molar-refractivity contribution in [1.82, 2.24) is 15.1 Å². The number of aryl methyl sites for hydroxylation is 1. The van der Waals surface area contributed by atoms with Gasteiger partial charge in [0.25, 0.3) is 5.91 Å². The van der Waals surface area contributed by atoms with E-state index in [2.05, 4.69) is 10.4 Å². The predicted octanol–water partition coefficient (Wildman–Crippen LogP) is 3.61. The van der Waals surface area contributed by atoms with E-state index in [1.807, 2.05) is 13.0 Å². The Balaban J connectivity index is 1.71. The Hall–Kier alpha value is -2.74. The number of nitrogens with zero attached hydrogens (tertiary/aromatic N) is 2. The molecule has 0 atom stereocenters. The molecule has 1 amide bonds. The minimum absolute atomic E-state index is 0.190. The van der Waals surface area contributed by atoms with Crippen LogP contribution in [0.15, 0.2) is 30.3 Å². The highest BCUT2D eigenvalue weighted by Gasteiger charge is 2.17. The zero-order valence-corrected chi connectivity index (χ0v) is 15.9. The van der Waals surface area contributed by atoms with E-state index in [4.69, 9.17) is 4.74 Å². The molecule has 0 saturated heterocycles. The zero-order valence-electron chi connectivity index (χ0n) is 15.1. The number of aromatic nitrogens is 2. The molecule has 2 heterocycles. The number of carbonyl (C=O) groups is 2. The predicted molar refractivity (Wildman–Crippen MR) is 102 cm³/mol. The van der Waals surface area contributed by atoms with Crippen LogP contribution in [0.4, 0.5) is 4.39 Å². The molecule has 0 aliphatic heterocycles. The Kier molecular flexibility index (Phi) is 5.85. The molecule has 0 aliphatic rings. The molecule has 0 aliphatic carbocycles. The fraction of sp³-hybridized carbons (Fsp3) is 0.316. The molecule has 1 N–H and O–H groups in total. The molecule has 0 unspecified atom stereocenters. The molecule has 0 spiro atoms. The van der Waals surface area contributed by atoms with Crippen LogP contribution in [-0.4, -0.2) is 34.8 Å². The van der Waals surface area contributed by atoms with E-state index in [1.165, 1.54) is 23.5 Å². The van der Waals surface area contributed by atoms with Gasteiger partial charge in [-0.3, -0.25) is 9.59 Å².